The Morgan fingerprint density at radius 1 is 1.15 bits per heavy atom. The predicted octanol–water partition coefficient (Wildman–Crippen LogP) is 5.56. The lowest BCUT2D eigenvalue weighted by atomic mass is 9.88. The SMILES string of the molecule is Cc1cc(C)c(C2CC/C(=C\c3ccoc3)C2)c(C)c1. The summed E-state index contributed by atoms with van der Waals surface area (Å²) in [7, 11) is 0. The normalized spacial score (nSPS) is 20.8. The monoisotopic (exact) mass is 266 g/mol. The van der Waals surface area contributed by atoms with Crippen LogP contribution < -0.4 is 0 Å². The van der Waals surface area contributed by atoms with Gasteiger partial charge in [-0.3, -0.25) is 0 Å². The molecule has 1 nitrogen and oxygen atoms in total. The number of rotatable bonds is 2. The van der Waals surface area contributed by atoms with E-state index in [0.29, 0.717) is 5.92 Å². The molecule has 0 N–H and O–H groups in total. The molecule has 0 aliphatic heterocycles. The van der Waals surface area contributed by atoms with E-state index in [1.54, 1.807) is 17.4 Å². The van der Waals surface area contributed by atoms with Gasteiger partial charge < -0.3 is 4.42 Å². The molecule has 0 bridgehead atoms. The van der Waals surface area contributed by atoms with Gasteiger partial charge in [-0.2, -0.15) is 0 Å². The van der Waals surface area contributed by atoms with E-state index >= 15 is 0 Å². The summed E-state index contributed by atoms with van der Waals surface area (Å²) in [6, 6.07) is 6.67. The van der Waals surface area contributed by atoms with Crippen molar-refractivity contribution in [3.63, 3.8) is 0 Å². The molecule has 1 aliphatic rings. The molecule has 0 saturated heterocycles. The lowest BCUT2D eigenvalue weighted by molar-refractivity contribution is 0.567. The third-order valence-corrected chi connectivity index (χ3v) is 4.38. The summed E-state index contributed by atoms with van der Waals surface area (Å²) in [4.78, 5) is 0. The minimum Gasteiger partial charge on any atom is -0.472 e. The van der Waals surface area contributed by atoms with Crippen LogP contribution in [0.25, 0.3) is 6.08 Å². The number of hydrogen-bond acceptors (Lipinski definition) is 1. The second kappa shape index (κ2) is 5.32. The Bertz CT molecular complexity index is 609. The molecule has 1 aromatic carbocycles. The van der Waals surface area contributed by atoms with Crippen LogP contribution in [-0.2, 0) is 0 Å². The van der Waals surface area contributed by atoms with Gasteiger partial charge in [0.15, 0.2) is 0 Å². The summed E-state index contributed by atoms with van der Waals surface area (Å²) in [5.74, 6) is 0.689. The van der Waals surface area contributed by atoms with Crippen molar-refractivity contribution in [3.05, 3.63) is 64.1 Å². The van der Waals surface area contributed by atoms with Crippen molar-refractivity contribution in [2.24, 2.45) is 0 Å². The Labute approximate surface area is 121 Å². The van der Waals surface area contributed by atoms with Crippen LogP contribution in [-0.4, -0.2) is 0 Å². The van der Waals surface area contributed by atoms with Crippen molar-refractivity contribution < 1.29 is 4.42 Å². The lowest BCUT2D eigenvalue weighted by Gasteiger charge is -2.17. The van der Waals surface area contributed by atoms with Gasteiger partial charge in [0.05, 0.1) is 12.5 Å². The highest BCUT2D eigenvalue weighted by atomic mass is 16.3. The molecule has 1 unspecified atom stereocenters. The molecule has 1 fully saturated rings. The fraction of sp³-hybridized carbons (Fsp3) is 0.368. The van der Waals surface area contributed by atoms with Crippen molar-refractivity contribution in [2.75, 3.05) is 0 Å². The largest absolute Gasteiger partial charge is 0.472 e. The molecule has 1 aromatic heterocycles. The first-order valence-electron chi connectivity index (χ1n) is 7.43. The van der Waals surface area contributed by atoms with Crippen LogP contribution in [0.3, 0.4) is 0 Å². The van der Waals surface area contributed by atoms with Crippen LogP contribution in [0.2, 0.25) is 0 Å². The van der Waals surface area contributed by atoms with Gasteiger partial charge in [0.2, 0.25) is 0 Å². The Morgan fingerprint density at radius 2 is 1.90 bits per heavy atom. The molecular formula is C19H22O. The van der Waals surface area contributed by atoms with Crippen LogP contribution >= 0.6 is 0 Å². The molecule has 20 heavy (non-hydrogen) atoms. The summed E-state index contributed by atoms with van der Waals surface area (Å²) < 4.78 is 5.14. The summed E-state index contributed by atoms with van der Waals surface area (Å²) in [5, 5.41) is 0. The van der Waals surface area contributed by atoms with Crippen LogP contribution in [0.1, 0.15) is 53.0 Å². The van der Waals surface area contributed by atoms with Gasteiger partial charge in [0.1, 0.15) is 0 Å². The van der Waals surface area contributed by atoms with Gasteiger partial charge >= 0.3 is 0 Å². The smallest absolute Gasteiger partial charge is 0.0974 e. The number of benzene rings is 1. The topological polar surface area (TPSA) is 13.1 Å². The zero-order valence-corrected chi connectivity index (χ0v) is 12.6. The molecule has 2 aromatic rings. The summed E-state index contributed by atoms with van der Waals surface area (Å²) in [6.45, 7) is 6.70. The molecule has 1 heterocycles. The first kappa shape index (κ1) is 13.2. The molecule has 3 rings (SSSR count). The van der Waals surface area contributed by atoms with E-state index in [2.05, 4.69) is 39.0 Å². The van der Waals surface area contributed by atoms with Crippen molar-refractivity contribution in [3.8, 4) is 0 Å². The quantitative estimate of drug-likeness (QED) is 0.694. The Hall–Kier alpha value is -1.76. The van der Waals surface area contributed by atoms with Crippen molar-refractivity contribution in [2.45, 2.75) is 46.0 Å². The van der Waals surface area contributed by atoms with E-state index in [-0.39, 0.29) is 0 Å². The van der Waals surface area contributed by atoms with E-state index in [0.717, 1.165) is 0 Å². The third-order valence-electron chi connectivity index (χ3n) is 4.38. The highest BCUT2D eigenvalue weighted by Gasteiger charge is 2.23. The maximum Gasteiger partial charge on any atom is 0.0974 e. The molecular weight excluding hydrogens is 244 g/mol. The minimum atomic E-state index is 0.689. The van der Waals surface area contributed by atoms with E-state index in [9.17, 15) is 0 Å². The highest BCUT2D eigenvalue weighted by molar-refractivity contribution is 5.53. The van der Waals surface area contributed by atoms with E-state index in [4.69, 9.17) is 4.42 Å². The second-order valence-electron chi connectivity index (χ2n) is 6.11. The Morgan fingerprint density at radius 3 is 2.55 bits per heavy atom. The molecule has 1 atom stereocenters. The molecule has 0 spiro atoms. The van der Waals surface area contributed by atoms with E-state index in [1.165, 1.54) is 41.5 Å². The van der Waals surface area contributed by atoms with Crippen LogP contribution in [0, 0.1) is 20.8 Å². The van der Waals surface area contributed by atoms with Crippen LogP contribution in [0.4, 0.5) is 0 Å². The zero-order valence-electron chi connectivity index (χ0n) is 12.6. The highest BCUT2D eigenvalue weighted by Crippen LogP contribution is 2.41. The summed E-state index contributed by atoms with van der Waals surface area (Å²) in [6.07, 6.45) is 9.53. The lowest BCUT2D eigenvalue weighted by Crippen LogP contribution is -2.00. The zero-order chi connectivity index (χ0) is 14.1. The average Bonchev–Trinajstić information content (AvgIpc) is 3.00. The van der Waals surface area contributed by atoms with E-state index < -0.39 is 0 Å². The molecule has 1 saturated carbocycles. The van der Waals surface area contributed by atoms with Gasteiger partial charge in [-0.05, 0) is 68.7 Å². The minimum absolute atomic E-state index is 0.689. The molecule has 1 aliphatic carbocycles. The van der Waals surface area contributed by atoms with Gasteiger partial charge in [-0.1, -0.05) is 29.3 Å². The first-order valence-corrected chi connectivity index (χ1v) is 7.43. The standard InChI is InChI=1S/C19H22O/c1-13-8-14(2)19(15(3)9-13)18-5-4-16(11-18)10-17-6-7-20-12-17/h6-10,12,18H,4-5,11H2,1-3H3/b16-10+. The molecule has 104 valence electrons. The maximum atomic E-state index is 5.14. The van der Waals surface area contributed by atoms with Gasteiger partial charge in [0.25, 0.3) is 0 Å². The number of hydrogen-bond donors (Lipinski definition) is 0. The number of furan rings is 1. The van der Waals surface area contributed by atoms with Crippen LogP contribution in [0.5, 0.6) is 0 Å². The Kier molecular flexibility index (Phi) is 3.52. The van der Waals surface area contributed by atoms with Crippen molar-refractivity contribution in [1.29, 1.82) is 0 Å². The third kappa shape index (κ3) is 2.58. The van der Waals surface area contributed by atoms with Crippen molar-refractivity contribution in [1.82, 2.24) is 0 Å². The molecule has 0 radical (unpaired) electrons. The average molecular weight is 266 g/mol. The maximum absolute atomic E-state index is 5.14. The summed E-state index contributed by atoms with van der Waals surface area (Å²) >= 11 is 0. The predicted molar refractivity (Wildman–Crippen MR) is 83.9 cm³/mol. The Balaban J connectivity index is 1.84. The number of aryl methyl sites for hydroxylation is 3. The summed E-state index contributed by atoms with van der Waals surface area (Å²) in [5.41, 5.74) is 8.60. The van der Waals surface area contributed by atoms with Gasteiger partial charge in [0, 0.05) is 5.56 Å². The fourth-order valence-electron chi connectivity index (χ4n) is 3.69. The van der Waals surface area contributed by atoms with Crippen molar-refractivity contribution >= 4 is 6.08 Å². The first-order chi connectivity index (χ1) is 9.63. The van der Waals surface area contributed by atoms with E-state index in [1.807, 2.05) is 12.3 Å². The van der Waals surface area contributed by atoms with Crippen LogP contribution in [0.15, 0.2) is 40.7 Å². The van der Waals surface area contributed by atoms with Gasteiger partial charge in [-0.15, -0.1) is 0 Å². The second-order valence-corrected chi connectivity index (χ2v) is 6.11. The molecule has 1 heteroatoms. The fourth-order valence-corrected chi connectivity index (χ4v) is 3.69. The van der Waals surface area contributed by atoms with Gasteiger partial charge in [-0.25, -0.2) is 0 Å². The number of allylic oxidation sites excluding steroid dienone is 1. The molecule has 0 amide bonds.